The molecule has 0 fully saturated rings. The maximum atomic E-state index is 12.7. The Balaban J connectivity index is 1.91. The second-order valence-corrected chi connectivity index (χ2v) is 16.5. The first-order valence-electron chi connectivity index (χ1n) is 10.8. The fourth-order valence-electron chi connectivity index (χ4n) is 3.88. The number of rotatable bonds is 6. The van der Waals surface area contributed by atoms with Gasteiger partial charge in [0, 0.05) is 0 Å². The van der Waals surface area contributed by atoms with Gasteiger partial charge < -0.3 is 0 Å². The van der Waals surface area contributed by atoms with Crippen molar-refractivity contribution in [2.45, 2.75) is 32.6 Å². The van der Waals surface area contributed by atoms with Crippen LogP contribution in [0.2, 0.25) is 0 Å². The average molecular weight is 752 g/mol. The number of carbonyl (C=O) groups excluding carboxylic acids is 2. The predicted molar refractivity (Wildman–Crippen MR) is 148 cm³/mol. The van der Waals surface area contributed by atoms with Crippen LogP contribution >= 0.6 is 30.0 Å². The van der Waals surface area contributed by atoms with Gasteiger partial charge in [0.1, 0.15) is 0 Å². The Bertz CT molecular complexity index is 1510. The molecule has 2 heterocycles. The van der Waals surface area contributed by atoms with E-state index in [1.807, 2.05) is 30.3 Å². The molecule has 0 N–H and O–H groups in total. The van der Waals surface area contributed by atoms with Crippen LogP contribution in [0.4, 0.5) is 10.8 Å². The minimum absolute atomic E-state index is 0.172. The van der Waals surface area contributed by atoms with Crippen molar-refractivity contribution < 1.29 is 40.2 Å². The van der Waals surface area contributed by atoms with Crippen LogP contribution in [-0.4, -0.2) is 38.5 Å². The number of benzene rings is 2. The predicted octanol–water partition coefficient (Wildman–Crippen LogP) is 2.21. The number of ether oxygens (including phenoxy) is 1. The van der Waals surface area contributed by atoms with E-state index in [0.717, 1.165) is 21.4 Å². The number of aromatic nitrogens is 1. The van der Waals surface area contributed by atoms with Gasteiger partial charge in [-0.3, -0.25) is 4.79 Å². The van der Waals surface area contributed by atoms with E-state index in [1.165, 1.54) is 37.3 Å². The summed E-state index contributed by atoms with van der Waals surface area (Å²) in [6.07, 6.45) is 3.94. The molecule has 192 valence electrons. The van der Waals surface area contributed by atoms with Crippen LogP contribution in [0.25, 0.3) is 21.3 Å². The van der Waals surface area contributed by atoms with Gasteiger partial charge in [-0.05, 0) is 0 Å². The van der Waals surface area contributed by atoms with E-state index in [4.69, 9.17) is 4.74 Å². The van der Waals surface area contributed by atoms with Crippen LogP contribution in [0, 0.1) is 0 Å². The van der Waals surface area contributed by atoms with Gasteiger partial charge in [0.2, 0.25) is 0 Å². The van der Waals surface area contributed by atoms with E-state index in [0.29, 0.717) is 22.1 Å². The number of nitrogens with zero attached hydrogens (tertiary/aromatic N) is 3. The van der Waals surface area contributed by atoms with Gasteiger partial charge in [-0.25, -0.2) is 0 Å². The summed E-state index contributed by atoms with van der Waals surface area (Å²) in [5, 5.41) is 0.455. The third kappa shape index (κ3) is 5.41. The molecule has 1 amide bonds. The monoisotopic (exact) mass is 752 g/mol. The van der Waals surface area contributed by atoms with Gasteiger partial charge in [0.15, 0.2) is 5.78 Å². The van der Waals surface area contributed by atoms with Gasteiger partial charge in [-0.15, -0.1) is 0 Å². The van der Waals surface area contributed by atoms with Crippen LogP contribution in [0.15, 0.2) is 42.6 Å². The molecule has 0 spiro atoms. The fraction of sp³-hybridized carbons (Fsp3) is 0.292. The number of carbonyl (C=O) groups is 2. The zero-order valence-electron chi connectivity index (χ0n) is 20.2. The van der Waals surface area contributed by atoms with Crippen LogP contribution in [0.5, 0.6) is 5.75 Å². The van der Waals surface area contributed by atoms with E-state index in [1.54, 1.807) is 7.11 Å². The Morgan fingerprint density at radius 3 is 2.50 bits per heavy atom. The summed E-state index contributed by atoms with van der Waals surface area (Å²) in [5.74, 6) is 0.185. The summed E-state index contributed by atoms with van der Waals surface area (Å²) in [4.78, 5) is 30.5. The van der Waals surface area contributed by atoms with Crippen LogP contribution in [0.3, 0.4) is 0 Å². The number of hydrogen-bond acceptors (Lipinski definition) is 7. The number of amides is 1. The van der Waals surface area contributed by atoms with E-state index in [-0.39, 0.29) is 23.5 Å². The molecule has 2 aromatic carbocycles. The number of hydrogen-bond donors (Lipinski definition) is 0. The summed E-state index contributed by atoms with van der Waals surface area (Å²) in [6, 6.07) is 9.56. The second kappa shape index (κ2) is 10.2. The fourth-order valence-corrected chi connectivity index (χ4v) is 14.7. The zero-order valence-corrected chi connectivity index (χ0v) is 26.2. The Kier molecular flexibility index (Phi) is 7.70. The van der Waals surface area contributed by atoms with Crippen molar-refractivity contribution in [1.82, 2.24) is 4.98 Å². The van der Waals surface area contributed by atoms with Crippen molar-refractivity contribution in [2.75, 3.05) is 20.8 Å². The Morgan fingerprint density at radius 1 is 1.19 bits per heavy atom. The van der Waals surface area contributed by atoms with E-state index in [9.17, 15) is 18.0 Å². The molecule has 1 aliphatic heterocycles. The number of allylic oxidation sites excluding steroid dienone is 1. The number of fused-ring (bicyclic) bond motifs is 1. The van der Waals surface area contributed by atoms with Crippen LogP contribution < -0.4 is 29.7 Å². The molecule has 0 bridgehead atoms. The van der Waals surface area contributed by atoms with Crippen molar-refractivity contribution >= 4 is 72.7 Å². The number of sulfonamides is 1. The summed E-state index contributed by atoms with van der Waals surface area (Å²) in [5.41, 5.74) is 3.61. The number of ketones is 1. The van der Waals surface area contributed by atoms with E-state index < -0.39 is 27.5 Å². The standard InChI is InChI=1S/C24H24I2N3O5S2/c1-24(2,3)18-12-15(28-9-8-16(30)13-21(28)31)11-17(22(18)34-4)14-6-7-19-20(10-14)35-23(27-19)29(26-25)36(5,32)33/h6-12H,13H2,1-5H3/q-1. The molecule has 0 saturated carbocycles. The number of thiazole rings is 1. The van der Waals surface area contributed by atoms with Gasteiger partial charge in [-0.1, -0.05) is 0 Å². The number of anilines is 2. The third-order valence-corrected chi connectivity index (χ3v) is 15.3. The average Bonchev–Trinajstić information content (AvgIpc) is 3.19. The van der Waals surface area contributed by atoms with Crippen LogP contribution in [0.1, 0.15) is 32.8 Å². The molecule has 1 aliphatic rings. The molecule has 0 unspecified atom stereocenters. The topological polar surface area (TPSA) is 96.9 Å². The van der Waals surface area contributed by atoms with Crippen molar-refractivity contribution in [3.63, 3.8) is 0 Å². The maximum absolute atomic E-state index is 12.7. The van der Waals surface area contributed by atoms with Gasteiger partial charge in [0.05, 0.1) is 0 Å². The Morgan fingerprint density at radius 2 is 1.92 bits per heavy atom. The van der Waals surface area contributed by atoms with Crippen molar-refractivity contribution in [2.24, 2.45) is 0 Å². The van der Waals surface area contributed by atoms with Crippen molar-refractivity contribution in [3.8, 4) is 16.9 Å². The molecule has 0 radical (unpaired) electrons. The normalized spacial score (nSPS) is 14.7. The molecular formula is C24H24I2N3O5S2-. The molecular weight excluding hydrogens is 728 g/mol. The first-order chi connectivity index (χ1) is 16.8. The van der Waals surface area contributed by atoms with Crippen LogP contribution in [-0.2, 0) is 25.0 Å². The van der Waals surface area contributed by atoms with E-state index >= 15 is 0 Å². The molecule has 36 heavy (non-hydrogen) atoms. The molecule has 3 aromatic rings. The Labute approximate surface area is 234 Å². The molecule has 4 rings (SSSR count). The SMILES string of the molecule is COc1c(-c2ccc3nc(N([I-]I)S(C)(=O)=O)sc3c2)cc(N2C=CC(=O)CC2=O)cc1C(C)(C)C. The number of halogens is 2. The van der Waals surface area contributed by atoms with Crippen molar-refractivity contribution in [1.29, 1.82) is 0 Å². The van der Waals surface area contributed by atoms with Gasteiger partial charge >= 0.3 is 226 Å². The molecule has 0 atom stereocenters. The van der Waals surface area contributed by atoms with Gasteiger partial charge in [0.25, 0.3) is 0 Å². The van der Waals surface area contributed by atoms with Crippen molar-refractivity contribution in [3.05, 3.63) is 48.2 Å². The molecule has 0 aliphatic carbocycles. The molecule has 8 nitrogen and oxygen atoms in total. The third-order valence-electron chi connectivity index (χ3n) is 5.56. The first-order valence-corrected chi connectivity index (χ1v) is 20.7. The number of methoxy groups -OCH3 is 1. The second-order valence-electron chi connectivity index (χ2n) is 9.27. The minimum atomic E-state index is -3.40. The first kappa shape index (κ1) is 27.3. The summed E-state index contributed by atoms with van der Waals surface area (Å²) >= 11 is 2.65. The molecule has 0 saturated heterocycles. The summed E-state index contributed by atoms with van der Waals surface area (Å²) < 4.78 is 32.5. The summed E-state index contributed by atoms with van der Waals surface area (Å²) in [6.45, 7) is 6.21. The Hall–Kier alpha value is -1.78. The van der Waals surface area contributed by atoms with E-state index in [2.05, 4.69) is 44.4 Å². The molecule has 1 aromatic heterocycles. The quantitative estimate of drug-likeness (QED) is 0.218. The zero-order chi connectivity index (χ0) is 26.4. The van der Waals surface area contributed by atoms with Gasteiger partial charge in [-0.2, -0.15) is 0 Å². The molecule has 12 heteroatoms. The summed E-state index contributed by atoms with van der Waals surface area (Å²) in [7, 11) is -1.78.